The number of aromatic nitrogens is 1. The van der Waals surface area contributed by atoms with Gasteiger partial charge in [-0.3, -0.25) is 0 Å². The van der Waals surface area contributed by atoms with Gasteiger partial charge in [0, 0.05) is 19.2 Å². The van der Waals surface area contributed by atoms with Gasteiger partial charge in [-0.25, -0.2) is 9.37 Å². The Morgan fingerprint density at radius 2 is 2.13 bits per heavy atom. The summed E-state index contributed by atoms with van der Waals surface area (Å²) in [6.07, 6.45) is 1.82. The fourth-order valence-electron chi connectivity index (χ4n) is 3.16. The minimum atomic E-state index is -0.289. The molecule has 1 aromatic carbocycles. The maximum Gasteiger partial charge on any atom is 0.213 e. The summed E-state index contributed by atoms with van der Waals surface area (Å²) in [5, 5.41) is 0. The summed E-state index contributed by atoms with van der Waals surface area (Å²) in [7, 11) is 1.61. The lowest BCUT2D eigenvalue weighted by Gasteiger charge is -2.48. The molecular weight excluding hydrogens is 297 g/mol. The summed E-state index contributed by atoms with van der Waals surface area (Å²) in [6, 6.07) is 9.34. The van der Waals surface area contributed by atoms with Gasteiger partial charge in [0.05, 0.1) is 37.3 Å². The third-order valence-corrected chi connectivity index (χ3v) is 4.43. The maximum absolute atomic E-state index is 13.9. The number of pyridine rings is 1. The summed E-state index contributed by atoms with van der Waals surface area (Å²) in [5.74, 6) is 0.703. The molecule has 0 spiro atoms. The lowest BCUT2D eigenvalue weighted by Crippen LogP contribution is -2.61. The predicted octanol–water partition coefficient (Wildman–Crippen LogP) is 2.32. The number of rotatable bonds is 3. The molecule has 3 heterocycles. The molecule has 0 bridgehead atoms. The van der Waals surface area contributed by atoms with Crippen LogP contribution >= 0.6 is 0 Å². The molecule has 120 valence electrons. The summed E-state index contributed by atoms with van der Waals surface area (Å²) in [6.45, 7) is 3.10. The van der Waals surface area contributed by atoms with Gasteiger partial charge in [0.1, 0.15) is 6.61 Å². The first-order valence-corrected chi connectivity index (χ1v) is 7.69. The van der Waals surface area contributed by atoms with E-state index in [9.17, 15) is 4.39 Å². The Kier molecular flexibility index (Phi) is 3.44. The van der Waals surface area contributed by atoms with E-state index in [0.29, 0.717) is 24.3 Å². The van der Waals surface area contributed by atoms with Gasteiger partial charge in [0.2, 0.25) is 5.88 Å². The zero-order valence-electron chi connectivity index (χ0n) is 12.9. The molecule has 0 atom stereocenters. The van der Waals surface area contributed by atoms with Crippen molar-refractivity contribution in [3.05, 3.63) is 42.3 Å². The number of hydrogen-bond donors (Lipinski definition) is 0. The van der Waals surface area contributed by atoms with Crippen LogP contribution in [0.15, 0.2) is 36.5 Å². The molecule has 1 aromatic heterocycles. The Morgan fingerprint density at radius 3 is 2.87 bits per heavy atom. The van der Waals surface area contributed by atoms with Crippen molar-refractivity contribution in [2.45, 2.75) is 6.04 Å². The van der Waals surface area contributed by atoms with Gasteiger partial charge in [-0.15, -0.1) is 0 Å². The standard InChI is InChI=1S/C17H18FN3O2/c1-22-16-6-5-12(9-19-16)20-10-13(11-20)21-7-8-23-17-14(18)3-2-4-15(17)21/h2-6,9,13H,7-8,10-11H2,1H3. The average Bonchev–Trinajstić information content (AvgIpc) is 2.55. The van der Waals surface area contributed by atoms with E-state index in [4.69, 9.17) is 9.47 Å². The fourth-order valence-corrected chi connectivity index (χ4v) is 3.16. The maximum atomic E-state index is 13.9. The normalized spacial score (nSPS) is 17.3. The van der Waals surface area contributed by atoms with E-state index in [1.165, 1.54) is 6.07 Å². The number of anilines is 2. The highest BCUT2D eigenvalue weighted by atomic mass is 19.1. The number of nitrogens with zero attached hydrogens (tertiary/aromatic N) is 3. The minimum absolute atomic E-state index is 0.289. The average molecular weight is 315 g/mol. The third-order valence-electron chi connectivity index (χ3n) is 4.43. The second-order valence-electron chi connectivity index (χ2n) is 5.75. The molecule has 0 unspecified atom stereocenters. The van der Waals surface area contributed by atoms with Gasteiger partial charge < -0.3 is 19.3 Å². The summed E-state index contributed by atoms with van der Waals surface area (Å²) < 4.78 is 24.4. The van der Waals surface area contributed by atoms with Crippen molar-refractivity contribution in [1.29, 1.82) is 0 Å². The molecule has 2 aliphatic heterocycles. The molecule has 2 aromatic rings. The van der Waals surface area contributed by atoms with Crippen LogP contribution in [0.1, 0.15) is 0 Å². The summed E-state index contributed by atoms with van der Waals surface area (Å²) in [4.78, 5) is 8.74. The molecule has 23 heavy (non-hydrogen) atoms. The highest BCUT2D eigenvalue weighted by molar-refractivity contribution is 5.63. The van der Waals surface area contributed by atoms with Crippen molar-refractivity contribution in [1.82, 2.24) is 4.98 Å². The number of benzene rings is 1. The first-order chi connectivity index (χ1) is 11.3. The summed E-state index contributed by atoms with van der Waals surface area (Å²) in [5.41, 5.74) is 1.93. The summed E-state index contributed by atoms with van der Waals surface area (Å²) >= 11 is 0. The molecule has 1 fully saturated rings. The van der Waals surface area contributed by atoms with E-state index in [0.717, 1.165) is 31.0 Å². The zero-order valence-corrected chi connectivity index (χ0v) is 12.9. The van der Waals surface area contributed by atoms with Gasteiger partial charge in [-0.05, 0) is 18.2 Å². The molecule has 0 N–H and O–H groups in total. The fraction of sp³-hybridized carbons (Fsp3) is 0.353. The molecule has 0 amide bonds. The van der Waals surface area contributed by atoms with Crippen LogP contribution in [-0.4, -0.2) is 44.4 Å². The van der Waals surface area contributed by atoms with Crippen LogP contribution in [-0.2, 0) is 0 Å². The van der Waals surface area contributed by atoms with Crippen LogP contribution in [0.25, 0.3) is 0 Å². The molecule has 1 saturated heterocycles. The van der Waals surface area contributed by atoms with Crippen molar-refractivity contribution < 1.29 is 13.9 Å². The Bertz CT molecular complexity index is 701. The van der Waals surface area contributed by atoms with Crippen LogP contribution in [0.5, 0.6) is 11.6 Å². The van der Waals surface area contributed by atoms with Crippen molar-refractivity contribution in [3.63, 3.8) is 0 Å². The van der Waals surface area contributed by atoms with E-state index >= 15 is 0 Å². The minimum Gasteiger partial charge on any atom is -0.486 e. The molecule has 6 heteroatoms. The molecule has 2 aliphatic rings. The number of hydrogen-bond acceptors (Lipinski definition) is 5. The van der Waals surface area contributed by atoms with Crippen LogP contribution in [0, 0.1) is 5.82 Å². The number of fused-ring (bicyclic) bond motifs is 1. The molecule has 0 saturated carbocycles. The lowest BCUT2D eigenvalue weighted by molar-refractivity contribution is 0.279. The Balaban J connectivity index is 1.47. The van der Waals surface area contributed by atoms with Gasteiger partial charge >= 0.3 is 0 Å². The van der Waals surface area contributed by atoms with Crippen LogP contribution in [0.3, 0.4) is 0 Å². The number of halogens is 1. The van der Waals surface area contributed by atoms with E-state index < -0.39 is 0 Å². The topological polar surface area (TPSA) is 37.8 Å². The first kappa shape index (κ1) is 14.1. The quantitative estimate of drug-likeness (QED) is 0.869. The first-order valence-electron chi connectivity index (χ1n) is 7.69. The zero-order chi connectivity index (χ0) is 15.8. The second kappa shape index (κ2) is 5.61. The Morgan fingerprint density at radius 1 is 1.26 bits per heavy atom. The smallest absolute Gasteiger partial charge is 0.213 e. The largest absolute Gasteiger partial charge is 0.486 e. The Labute approximate surface area is 134 Å². The molecule has 5 nitrogen and oxygen atoms in total. The highest BCUT2D eigenvalue weighted by Gasteiger charge is 2.35. The van der Waals surface area contributed by atoms with E-state index in [2.05, 4.69) is 14.8 Å². The van der Waals surface area contributed by atoms with E-state index in [1.807, 2.05) is 24.4 Å². The van der Waals surface area contributed by atoms with Crippen LogP contribution in [0.2, 0.25) is 0 Å². The van der Waals surface area contributed by atoms with E-state index in [1.54, 1.807) is 13.2 Å². The molecule has 4 rings (SSSR count). The second-order valence-corrected chi connectivity index (χ2v) is 5.75. The van der Waals surface area contributed by atoms with Crippen LogP contribution in [0.4, 0.5) is 15.8 Å². The number of ether oxygens (including phenoxy) is 2. The van der Waals surface area contributed by atoms with Crippen molar-refractivity contribution in [3.8, 4) is 11.6 Å². The van der Waals surface area contributed by atoms with Gasteiger partial charge in [0.25, 0.3) is 0 Å². The van der Waals surface area contributed by atoms with Crippen molar-refractivity contribution in [2.75, 3.05) is 43.2 Å². The number of para-hydroxylation sites is 1. The molecule has 0 radical (unpaired) electrons. The van der Waals surface area contributed by atoms with Gasteiger partial charge in [0.15, 0.2) is 11.6 Å². The van der Waals surface area contributed by atoms with Crippen molar-refractivity contribution >= 4 is 11.4 Å². The van der Waals surface area contributed by atoms with Gasteiger partial charge in [-0.2, -0.15) is 0 Å². The molecule has 0 aliphatic carbocycles. The molecular formula is C17H18FN3O2. The lowest BCUT2D eigenvalue weighted by atomic mass is 10.0. The monoisotopic (exact) mass is 315 g/mol. The highest BCUT2D eigenvalue weighted by Crippen LogP contribution is 2.37. The third kappa shape index (κ3) is 2.44. The SMILES string of the molecule is COc1ccc(N2CC(N3CCOc4c(F)cccc43)C2)cn1. The Hall–Kier alpha value is -2.50. The van der Waals surface area contributed by atoms with Gasteiger partial charge in [-0.1, -0.05) is 6.07 Å². The van der Waals surface area contributed by atoms with Crippen molar-refractivity contribution in [2.24, 2.45) is 0 Å². The number of methoxy groups -OCH3 is 1. The van der Waals surface area contributed by atoms with E-state index in [-0.39, 0.29) is 5.82 Å². The predicted molar refractivity (Wildman–Crippen MR) is 86.0 cm³/mol. The van der Waals surface area contributed by atoms with Crippen LogP contribution < -0.4 is 19.3 Å².